The normalized spacial score (nSPS) is 11.0. The molecule has 1 amide bonds. The number of aromatic nitrogens is 4. The van der Waals surface area contributed by atoms with E-state index in [0.717, 1.165) is 33.9 Å². The predicted molar refractivity (Wildman–Crippen MR) is 159 cm³/mol. The molecule has 2 aromatic heterocycles. The van der Waals surface area contributed by atoms with Crippen molar-refractivity contribution < 1.29 is 14.3 Å². The number of hydrazone groups is 1. The summed E-state index contributed by atoms with van der Waals surface area (Å²) in [4.78, 5) is 16.8. The topological polar surface area (TPSA) is 104 Å². The summed E-state index contributed by atoms with van der Waals surface area (Å²) in [5.41, 5.74) is 6.17. The van der Waals surface area contributed by atoms with Gasteiger partial charge in [-0.3, -0.25) is 14.3 Å². The summed E-state index contributed by atoms with van der Waals surface area (Å²) in [5.74, 6) is 1.99. The van der Waals surface area contributed by atoms with Gasteiger partial charge in [-0.15, -0.1) is 10.2 Å². The summed E-state index contributed by atoms with van der Waals surface area (Å²) >= 11 is 1.27. The molecule has 3 aromatic carbocycles. The number of nitrogens with one attached hydrogen (secondary N) is 1. The summed E-state index contributed by atoms with van der Waals surface area (Å²) in [6.45, 7) is 3.02. The highest BCUT2D eigenvalue weighted by molar-refractivity contribution is 7.99. The maximum absolute atomic E-state index is 12.6. The number of amides is 1. The van der Waals surface area contributed by atoms with Crippen LogP contribution in [0.1, 0.15) is 18.1 Å². The van der Waals surface area contributed by atoms with Gasteiger partial charge in [-0.1, -0.05) is 42.1 Å². The van der Waals surface area contributed by atoms with Crippen LogP contribution in [0.25, 0.3) is 17.1 Å². The minimum atomic E-state index is -0.266. The molecule has 9 nitrogen and oxygen atoms in total. The molecule has 0 saturated carbocycles. The van der Waals surface area contributed by atoms with Crippen molar-refractivity contribution in [2.24, 2.45) is 5.10 Å². The third-order valence-corrected chi connectivity index (χ3v) is 6.75. The third-order valence-electron chi connectivity index (χ3n) is 5.82. The lowest BCUT2D eigenvalue weighted by Gasteiger charge is -2.11. The molecule has 0 aliphatic rings. The van der Waals surface area contributed by atoms with E-state index < -0.39 is 0 Å². The van der Waals surface area contributed by atoms with E-state index in [0.29, 0.717) is 24.2 Å². The predicted octanol–water partition coefficient (Wildman–Crippen LogP) is 5.55. The van der Waals surface area contributed by atoms with Crippen LogP contribution < -0.4 is 14.9 Å². The molecule has 10 heteroatoms. The van der Waals surface area contributed by atoms with E-state index in [4.69, 9.17) is 9.47 Å². The van der Waals surface area contributed by atoms with Crippen LogP contribution in [0.15, 0.2) is 114 Å². The average molecular weight is 565 g/mol. The average Bonchev–Trinajstić information content (AvgIpc) is 3.45. The number of benzene rings is 3. The van der Waals surface area contributed by atoms with E-state index in [1.165, 1.54) is 11.8 Å². The molecule has 2 heterocycles. The van der Waals surface area contributed by atoms with E-state index in [1.54, 1.807) is 18.6 Å². The van der Waals surface area contributed by atoms with Crippen LogP contribution in [-0.2, 0) is 11.4 Å². The monoisotopic (exact) mass is 564 g/mol. The maximum atomic E-state index is 12.6. The van der Waals surface area contributed by atoms with Crippen molar-refractivity contribution in [3.05, 3.63) is 115 Å². The van der Waals surface area contributed by atoms with Crippen molar-refractivity contribution in [2.45, 2.75) is 18.7 Å². The minimum Gasteiger partial charge on any atom is -0.494 e. The number of carbonyl (C=O) groups is 1. The molecular formula is C31H28N6O3S. The van der Waals surface area contributed by atoms with Crippen LogP contribution >= 0.6 is 11.8 Å². The number of nitrogens with zero attached hydrogens (tertiary/aromatic N) is 5. The van der Waals surface area contributed by atoms with E-state index in [2.05, 4.69) is 25.7 Å². The van der Waals surface area contributed by atoms with Crippen molar-refractivity contribution >= 4 is 23.9 Å². The van der Waals surface area contributed by atoms with Crippen molar-refractivity contribution in [1.82, 2.24) is 25.2 Å². The number of ether oxygens (including phenoxy) is 2. The largest absolute Gasteiger partial charge is 0.494 e. The Labute approximate surface area is 242 Å². The Morgan fingerprint density at radius 1 is 0.927 bits per heavy atom. The van der Waals surface area contributed by atoms with Gasteiger partial charge < -0.3 is 9.47 Å². The molecule has 0 aliphatic carbocycles. The van der Waals surface area contributed by atoms with Gasteiger partial charge in [0, 0.05) is 23.6 Å². The molecule has 0 aliphatic heterocycles. The number of thioether (sulfide) groups is 1. The molecule has 0 fully saturated rings. The van der Waals surface area contributed by atoms with Crippen LogP contribution in [-0.4, -0.2) is 44.2 Å². The molecule has 0 spiro atoms. The molecule has 0 atom stereocenters. The number of hydrogen-bond donors (Lipinski definition) is 1. The summed E-state index contributed by atoms with van der Waals surface area (Å²) in [7, 11) is 0. The maximum Gasteiger partial charge on any atom is 0.250 e. The molecule has 0 unspecified atom stereocenters. The Hall–Kier alpha value is -4.96. The van der Waals surface area contributed by atoms with Crippen molar-refractivity contribution in [1.29, 1.82) is 0 Å². The van der Waals surface area contributed by atoms with Gasteiger partial charge in [-0.05, 0) is 78.7 Å². The molecule has 0 radical (unpaired) electrons. The molecule has 0 saturated heterocycles. The Bertz CT molecular complexity index is 1570. The lowest BCUT2D eigenvalue weighted by Crippen LogP contribution is -2.20. The van der Waals surface area contributed by atoms with Crippen LogP contribution in [0, 0.1) is 0 Å². The highest BCUT2D eigenvalue weighted by atomic mass is 32.2. The number of pyridine rings is 1. The highest BCUT2D eigenvalue weighted by Crippen LogP contribution is 2.28. The van der Waals surface area contributed by atoms with Crippen molar-refractivity contribution in [3.8, 4) is 28.6 Å². The summed E-state index contributed by atoms with van der Waals surface area (Å²) < 4.78 is 13.3. The molecular weight excluding hydrogens is 536 g/mol. The van der Waals surface area contributed by atoms with E-state index in [-0.39, 0.29) is 11.7 Å². The lowest BCUT2D eigenvalue weighted by molar-refractivity contribution is -0.118. The SMILES string of the molecule is CCOc1ccc(-n2c(SCC(=O)N/N=C\c3ccc(OCc4ccccc4)cc3)nnc2-c2cccnc2)cc1. The van der Waals surface area contributed by atoms with Crippen LogP contribution in [0.4, 0.5) is 0 Å². The second-order valence-electron chi connectivity index (χ2n) is 8.74. The number of carbonyl (C=O) groups excluding carboxylic acids is 1. The molecule has 206 valence electrons. The molecule has 41 heavy (non-hydrogen) atoms. The smallest absolute Gasteiger partial charge is 0.250 e. The first-order valence-corrected chi connectivity index (χ1v) is 14.0. The number of rotatable bonds is 12. The van der Waals surface area contributed by atoms with E-state index in [9.17, 15) is 4.79 Å². The summed E-state index contributed by atoms with van der Waals surface area (Å²) in [6, 6.07) is 28.9. The van der Waals surface area contributed by atoms with Crippen molar-refractivity contribution in [3.63, 3.8) is 0 Å². The van der Waals surface area contributed by atoms with Gasteiger partial charge in [0.15, 0.2) is 11.0 Å². The second kappa shape index (κ2) is 13.9. The first-order valence-electron chi connectivity index (χ1n) is 13.0. The first-order chi connectivity index (χ1) is 20.2. The highest BCUT2D eigenvalue weighted by Gasteiger charge is 2.17. The van der Waals surface area contributed by atoms with Crippen molar-refractivity contribution in [2.75, 3.05) is 12.4 Å². The van der Waals surface area contributed by atoms with Gasteiger partial charge in [0.1, 0.15) is 18.1 Å². The van der Waals surface area contributed by atoms with E-state index >= 15 is 0 Å². The number of hydrogen-bond acceptors (Lipinski definition) is 8. The Morgan fingerprint density at radius 2 is 1.68 bits per heavy atom. The van der Waals surface area contributed by atoms with Gasteiger partial charge in [0.2, 0.25) is 0 Å². The Morgan fingerprint density at radius 3 is 2.41 bits per heavy atom. The van der Waals surface area contributed by atoms with Crippen LogP contribution in [0.5, 0.6) is 11.5 Å². The van der Waals surface area contributed by atoms with Gasteiger partial charge in [-0.2, -0.15) is 5.10 Å². The standard InChI is InChI=1S/C31H28N6O3S/c1-2-39-27-16-12-26(13-17-27)37-30(25-9-6-18-32-20-25)35-36-31(37)41-22-29(38)34-33-19-23-10-14-28(15-11-23)40-21-24-7-4-3-5-8-24/h3-20H,2,21-22H2,1H3,(H,34,38)/b33-19-. The molecule has 5 aromatic rings. The van der Waals surface area contributed by atoms with Gasteiger partial charge in [-0.25, -0.2) is 5.43 Å². The van der Waals surface area contributed by atoms with Crippen LogP contribution in [0.3, 0.4) is 0 Å². The van der Waals surface area contributed by atoms with Gasteiger partial charge >= 0.3 is 0 Å². The molecule has 1 N–H and O–H groups in total. The quantitative estimate of drug-likeness (QED) is 0.120. The van der Waals surface area contributed by atoms with Gasteiger partial charge in [0.25, 0.3) is 5.91 Å². The fourth-order valence-corrected chi connectivity index (χ4v) is 4.61. The third kappa shape index (κ3) is 7.58. The lowest BCUT2D eigenvalue weighted by atomic mass is 10.2. The fraction of sp³-hybridized carbons (Fsp3) is 0.129. The fourth-order valence-electron chi connectivity index (χ4n) is 3.87. The van der Waals surface area contributed by atoms with Gasteiger partial charge in [0.05, 0.1) is 18.6 Å². The second-order valence-corrected chi connectivity index (χ2v) is 9.68. The van der Waals surface area contributed by atoms with E-state index in [1.807, 2.05) is 102 Å². The zero-order valence-electron chi connectivity index (χ0n) is 22.4. The Balaban J connectivity index is 1.19. The zero-order valence-corrected chi connectivity index (χ0v) is 23.2. The minimum absolute atomic E-state index is 0.103. The molecule has 5 rings (SSSR count). The first kappa shape index (κ1) is 27.6. The Kier molecular flexibility index (Phi) is 9.36. The summed E-state index contributed by atoms with van der Waals surface area (Å²) in [6.07, 6.45) is 5.02. The zero-order chi connectivity index (χ0) is 28.3. The van der Waals surface area contributed by atoms with Crippen LogP contribution in [0.2, 0.25) is 0 Å². The molecule has 0 bridgehead atoms. The summed E-state index contributed by atoms with van der Waals surface area (Å²) in [5, 5.41) is 13.4.